The predicted molar refractivity (Wildman–Crippen MR) is 49.7 cm³/mol. The number of hydrogen-bond donors (Lipinski definition) is 2. The third-order valence-corrected chi connectivity index (χ3v) is 2.50. The number of imide groups is 2. The molecule has 8 heteroatoms. The van der Waals surface area contributed by atoms with E-state index >= 15 is 0 Å². The molecule has 6 amide bonds. The Morgan fingerprint density at radius 1 is 1.00 bits per heavy atom. The fraction of sp³-hybridized carbons (Fsp3) is 0.500. The van der Waals surface area contributed by atoms with Crippen molar-refractivity contribution in [1.82, 2.24) is 20.4 Å². The van der Waals surface area contributed by atoms with Crippen molar-refractivity contribution in [2.45, 2.75) is 26.2 Å². The van der Waals surface area contributed by atoms with Crippen LogP contribution in [0.5, 0.6) is 0 Å². The molecule has 0 atom stereocenters. The summed E-state index contributed by atoms with van der Waals surface area (Å²) in [5, 5.41) is 4.81. The van der Waals surface area contributed by atoms with Crippen LogP contribution >= 0.6 is 0 Å². The number of fused-ring (bicyclic) bond motifs is 1. The van der Waals surface area contributed by atoms with Gasteiger partial charge in [-0.3, -0.25) is 9.59 Å². The Bertz CT molecular complexity index is 371. The average Bonchev–Trinajstić information content (AvgIpc) is 2.55. The summed E-state index contributed by atoms with van der Waals surface area (Å²) in [6, 6.07) is -1.23. The highest BCUT2D eigenvalue weighted by Gasteiger charge is 2.53. The van der Waals surface area contributed by atoms with Crippen LogP contribution < -0.4 is 10.6 Å². The molecule has 0 aliphatic carbocycles. The molecule has 0 aromatic heterocycles. The van der Waals surface area contributed by atoms with Crippen LogP contribution in [0.3, 0.4) is 0 Å². The molecular formula is C8H10N4O4. The minimum Gasteiger partial charge on any atom is -0.314 e. The van der Waals surface area contributed by atoms with Gasteiger partial charge in [-0.15, -0.1) is 0 Å². The van der Waals surface area contributed by atoms with E-state index in [-0.39, 0.29) is 0 Å². The highest BCUT2D eigenvalue weighted by atomic mass is 16.2. The average molecular weight is 226 g/mol. The minimum absolute atomic E-state index is 0.521. The quantitative estimate of drug-likeness (QED) is 0.541. The SMILES string of the molecule is CC(=O)N1C(=O)NC2NC(=O)N(C(C)=O)C21. The number of carbonyl (C=O) groups excluding carboxylic acids is 4. The van der Waals surface area contributed by atoms with E-state index in [0.717, 1.165) is 9.80 Å². The van der Waals surface area contributed by atoms with Crippen molar-refractivity contribution in [2.24, 2.45) is 0 Å². The maximum Gasteiger partial charge on any atom is 0.327 e. The van der Waals surface area contributed by atoms with Crippen molar-refractivity contribution in [3.05, 3.63) is 0 Å². The first kappa shape index (κ1) is 10.4. The molecule has 2 heterocycles. The first-order chi connectivity index (χ1) is 7.43. The smallest absolute Gasteiger partial charge is 0.314 e. The molecule has 0 unspecified atom stereocenters. The second-order valence-corrected chi connectivity index (χ2v) is 3.57. The Labute approximate surface area is 90.5 Å². The Morgan fingerprint density at radius 3 is 1.69 bits per heavy atom. The summed E-state index contributed by atoms with van der Waals surface area (Å²) in [5.74, 6) is -1.04. The third kappa shape index (κ3) is 1.23. The molecule has 2 aliphatic rings. The zero-order valence-corrected chi connectivity index (χ0v) is 8.68. The highest BCUT2D eigenvalue weighted by Crippen LogP contribution is 2.22. The molecule has 2 aliphatic heterocycles. The predicted octanol–water partition coefficient (Wildman–Crippen LogP) is -1.22. The zero-order chi connectivity index (χ0) is 12.0. The van der Waals surface area contributed by atoms with Crippen molar-refractivity contribution in [3.63, 3.8) is 0 Å². The molecule has 2 fully saturated rings. The fourth-order valence-corrected chi connectivity index (χ4v) is 1.90. The number of carbonyl (C=O) groups is 4. The summed E-state index contributed by atoms with van der Waals surface area (Å²) >= 11 is 0. The van der Waals surface area contributed by atoms with E-state index in [1.807, 2.05) is 0 Å². The second kappa shape index (κ2) is 3.19. The molecule has 8 nitrogen and oxygen atoms in total. The van der Waals surface area contributed by atoms with Crippen LogP contribution in [0.4, 0.5) is 9.59 Å². The molecule has 2 rings (SSSR count). The number of amides is 6. The number of rotatable bonds is 0. The normalized spacial score (nSPS) is 27.6. The Hall–Kier alpha value is -2.12. The van der Waals surface area contributed by atoms with Gasteiger partial charge in [0.1, 0.15) is 6.17 Å². The van der Waals surface area contributed by atoms with Gasteiger partial charge >= 0.3 is 12.1 Å². The first-order valence-electron chi connectivity index (χ1n) is 4.64. The van der Waals surface area contributed by atoms with E-state index < -0.39 is 36.2 Å². The van der Waals surface area contributed by atoms with Gasteiger partial charge in [-0.1, -0.05) is 0 Å². The second-order valence-electron chi connectivity index (χ2n) is 3.57. The maximum absolute atomic E-state index is 11.4. The molecule has 0 radical (unpaired) electrons. The molecule has 0 aromatic carbocycles. The van der Waals surface area contributed by atoms with Gasteiger partial charge < -0.3 is 10.6 Å². The standard InChI is InChI=1S/C8H10N4O4/c1-3(13)11-6-5(9-7(11)15)10-8(16)12(6)4(2)14/h5-6H,1-2H3,(H,9,15)(H,10,16). The number of nitrogens with zero attached hydrogens (tertiary/aromatic N) is 2. The minimum atomic E-state index is -0.907. The lowest BCUT2D eigenvalue weighted by Gasteiger charge is -2.24. The Balaban J connectivity index is 2.37. The van der Waals surface area contributed by atoms with Crippen molar-refractivity contribution in [3.8, 4) is 0 Å². The van der Waals surface area contributed by atoms with Crippen LogP contribution in [-0.4, -0.2) is 46.0 Å². The molecule has 16 heavy (non-hydrogen) atoms. The maximum atomic E-state index is 11.4. The largest absolute Gasteiger partial charge is 0.327 e. The van der Waals surface area contributed by atoms with Crippen molar-refractivity contribution >= 4 is 23.9 Å². The number of urea groups is 2. The number of hydrogen-bond acceptors (Lipinski definition) is 4. The van der Waals surface area contributed by atoms with Gasteiger partial charge in [0.2, 0.25) is 11.8 Å². The summed E-state index contributed by atoms with van der Waals surface area (Å²) in [6.07, 6.45) is -1.64. The Kier molecular flexibility index (Phi) is 2.07. The van der Waals surface area contributed by atoms with Gasteiger partial charge in [0.15, 0.2) is 6.17 Å². The van der Waals surface area contributed by atoms with Crippen molar-refractivity contribution < 1.29 is 19.2 Å². The van der Waals surface area contributed by atoms with E-state index in [1.54, 1.807) is 0 Å². The molecule has 86 valence electrons. The molecule has 0 aromatic rings. The van der Waals surface area contributed by atoms with Gasteiger partial charge in [0.25, 0.3) is 0 Å². The molecular weight excluding hydrogens is 216 g/mol. The van der Waals surface area contributed by atoms with E-state index in [0.29, 0.717) is 0 Å². The van der Waals surface area contributed by atoms with Gasteiger partial charge in [0, 0.05) is 13.8 Å². The lowest BCUT2D eigenvalue weighted by atomic mass is 10.3. The van der Waals surface area contributed by atoms with Crippen LogP contribution in [-0.2, 0) is 9.59 Å². The van der Waals surface area contributed by atoms with Crippen LogP contribution in [0.1, 0.15) is 13.8 Å². The summed E-state index contributed by atoms with van der Waals surface area (Å²) in [6.45, 7) is 2.39. The lowest BCUT2D eigenvalue weighted by molar-refractivity contribution is -0.134. The summed E-state index contributed by atoms with van der Waals surface area (Å²) in [5.41, 5.74) is 0. The molecule has 2 N–H and O–H groups in total. The molecule has 0 spiro atoms. The molecule has 2 saturated heterocycles. The summed E-state index contributed by atoms with van der Waals surface area (Å²) < 4.78 is 0. The third-order valence-electron chi connectivity index (χ3n) is 2.50. The first-order valence-corrected chi connectivity index (χ1v) is 4.64. The lowest BCUT2D eigenvalue weighted by Crippen LogP contribution is -2.50. The van der Waals surface area contributed by atoms with Gasteiger partial charge in [-0.2, -0.15) is 0 Å². The summed E-state index contributed by atoms with van der Waals surface area (Å²) in [7, 11) is 0. The Morgan fingerprint density at radius 2 is 1.38 bits per heavy atom. The van der Waals surface area contributed by atoms with Gasteiger partial charge in [0.05, 0.1) is 0 Å². The highest BCUT2D eigenvalue weighted by molar-refractivity contribution is 6.02. The van der Waals surface area contributed by atoms with E-state index in [4.69, 9.17) is 0 Å². The summed E-state index contributed by atoms with van der Waals surface area (Å²) in [4.78, 5) is 47.0. The van der Waals surface area contributed by atoms with Crippen molar-refractivity contribution in [2.75, 3.05) is 0 Å². The monoisotopic (exact) mass is 226 g/mol. The van der Waals surface area contributed by atoms with E-state index in [1.165, 1.54) is 13.8 Å². The molecule has 0 bridgehead atoms. The zero-order valence-electron chi connectivity index (χ0n) is 8.68. The van der Waals surface area contributed by atoms with E-state index in [2.05, 4.69) is 10.6 Å². The van der Waals surface area contributed by atoms with Crippen LogP contribution in [0.2, 0.25) is 0 Å². The topological polar surface area (TPSA) is 98.8 Å². The van der Waals surface area contributed by atoms with Crippen LogP contribution in [0.25, 0.3) is 0 Å². The fourth-order valence-electron chi connectivity index (χ4n) is 1.90. The van der Waals surface area contributed by atoms with Gasteiger partial charge in [-0.05, 0) is 0 Å². The van der Waals surface area contributed by atoms with Gasteiger partial charge in [-0.25, -0.2) is 19.4 Å². The molecule has 0 saturated carbocycles. The number of nitrogens with one attached hydrogen (secondary N) is 2. The van der Waals surface area contributed by atoms with Crippen molar-refractivity contribution in [1.29, 1.82) is 0 Å². The van der Waals surface area contributed by atoms with Crippen LogP contribution in [0.15, 0.2) is 0 Å². The van der Waals surface area contributed by atoms with Crippen LogP contribution in [0, 0.1) is 0 Å². The van der Waals surface area contributed by atoms with E-state index in [9.17, 15) is 19.2 Å².